The van der Waals surface area contributed by atoms with E-state index < -0.39 is 0 Å². The third kappa shape index (κ3) is 3.30. The quantitative estimate of drug-likeness (QED) is 0.761. The molecule has 1 N–H and O–H groups in total. The van der Waals surface area contributed by atoms with E-state index in [1.165, 1.54) is 5.57 Å². The molecule has 0 aliphatic heterocycles. The first-order valence-corrected chi connectivity index (χ1v) is 8.46. The molecule has 2 aromatic rings. The highest BCUT2D eigenvalue weighted by Crippen LogP contribution is 2.41. The fourth-order valence-electron chi connectivity index (χ4n) is 3.46. The number of carbonyl (C=O) groups is 1. The molecule has 0 saturated heterocycles. The van der Waals surface area contributed by atoms with Crippen LogP contribution in [-0.4, -0.2) is 10.5 Å². The second kappa shape index (κ2) is 6.04. The highest BCUT2D eigenvalue weighted by atomic mass is 35.5. The number of halogens is 1. The second-order valence-corrected chi connectivity index (χ2v) is 7.48. The summed E-state index contributed by atoms with van der Waals surface area (Å²) in [5.41, 5.74) is 3.19. The van der Waals surface area contributed by atoms with Gasteiger partial charge in [-0.1, -0.05) is 36.7 Å². The minimum absolute atomic E-state index is 0.0624. The highest BCUT2D eigenvalue weighted by molar-refractivity contribution is 6.36. The van der Waals surface area contributed by atoms with E-state index in [0.717, 1.165) is 42.3 Å². The molecule has 1 saturated carbocycles. The van der Waals surface area contributed by atoms with Gasteiger partial charge in [0.15, 0.2) is 0 Å². The number of amides is 1. The number of aromatic nitrogens is 1. The van der Waals surface area contributed by atoms with Crippen LogP contribution in [0.2, 0.25) is 5.02 Å². The molecule has 0 atom stereocenters. The predicted octanol–water partition coefficient (Wildman–Crippen LogP) is 5.30. The number of nitrogens with one attached hydrogen (secondary N) is 1. The van der Waals surface area contributed by atoms with Crippen molar-refractivity contribution in [3.05, 3.63) is 41.6 Å². The van der Waals surface area contributed by atoms with Crippen molar-refractivity contribution >= 4 is 34.1 Å². The maximum absolute atomic E-state index is 12.5. The summed E-state index contributed by atoms with van der Waals surface area (Å²) in [4.78, 5) is 12.5. The van der Waals surface area contributed by atoms with Crippen LogP contribution < -0.4 is 5.32 Å². The van der Waals surface area contributed by atoms with Crippen LogP contribution in [-0.2, 0) is 11.8 Å². The maximum atomic E-state index is 12.5. The normalized spacial score (nSPS) is 17.4. The first-order chi connectivity index (χ1) is 10.9. The number of rotatable bonds is 3. The summed E-state index contributed by atoms with van der Waals surface area (Å²) >= 11 is 6.32. The van der Waals surface area contributed by atoms with Crippen molar-refractivity contribution in [2.24, 2.45) is 12.5 Å². The van der Waals surface area contributed by atoms with E-state index in [1.807, 2.05) is 36.0 Å². The summed E-state index contributed by atoms with van der Waals surface area (Å²) in [5.74, 6) is 0.0624. The fraction of sp³-hybridized carbons (Fsp3) is 0.421. The first-order valence-electron chi connectivity index (χ1n) is 8.08. The molecule has 1 aromatic heterocycles. The molecule has 3 rings (SSSR count). The SMILES string of the molecule is C=C1CCC(C)(CC(=O)Nc2cn(C)c3cccc(Cl)c23)CC1. The average molecular weight is 331 g/mol. The van der Waals surface area contributed by atoms with Gasteiger partial charge < -0.3 is 9.88 Å². The number of allylic oxidation sites excluding steroid dienone is 1. The molecule has 1 aliphatic carbocycles. The molecule has 1 heterocycles. The van der Waals surface area contributed by atoms with Crippen LogP contribution in [0.5, 0.6) is 0 Å². The van der Waals surface area contributed by atoms with Gasteiger partial charge in [0, 0.05) is 25.1 Å². The van der Waals surface area contributed by atoms with Crippen LogP contribution in [0.15, 0.2) is 36.5 Å². The number of benzene rings is 1. The summed E-state index contributed by atoms with van der Waals surface area (Å²) in [5, 5.41) is 4.64. The molecule has 0 unspecified atom stereocenters. The zero-order valence-electron chi connectivity index (χ0n) is 13.8. The Bertz CT molecular complexity index is 765. The molecule has 4 heteroatoms. The van der Waals surface area contributed by atoms with Crippen molar-refractivity contribution in [1.29, 1.82) is 0 Å². The minimum atomic E-state index is 0.0624. The Morgan fingerprint density at radius 1 is 1.39 bits per heavy atom. The Hall–Kier alpha value is -1.74. The summed E-state index contributed by atoms with van der Waals surface area (Å²) in [6.45, 7) is 6.26. The van der Waals surface area contributed by atoms with Gasteiger partial charge in [-0.05, 0) is 43.2 Å². The highest BCUT2D eigenvalue weighted by Gasteiger charge is 2.30. The number of anilines is 1. The second-order valence-electron chi connectivity index (χ2n) is 7.07. The molecular formula is C19H23ClN2O. The van der Waals surface area contributed by atoms with Crippen molar-refractivity contribution < 1.29 is 4.79 Å². The molecule has 1 aromatic carbocycles. The molecule has 1 fully saturated rings. The van der Waals surface area contributed by atoms with Gasteiger partial charge in [0.1, 0.15) is 0 Å². The van der Waals surface area contributed by atoms with Gasteiger partial charge in [0.2, 0.25) is 5.91 Å². The lowest BCUT2D eigenvalue weighted by atomic mass is 9.72. The van der Waals surface area contributed by atoms with Crippen LogP contribution in [0, 0.1) is 5.41 Å². The topological polar surface area (TPSA) is 34.0 Å². The van der Waals surface area contributed by atoms with Crippen molar-refractivity contribution in [3.8, 4) is 0 Å². The number of aryl methyl sites for hydroxylation is 1. The van der Waals surface area contributed by atoms with Gasteiger partial charge in [-0.2, -0.15) is 0 Å². The van der Waals surface area contributed by atoms with Gasteiger partial charge in [0.05, 0.1) is 16.2 Å². The third-order valence-electron chi connectivity index (χ3n) is 4.99. The number of fused-ring (bicyclic) bond motifs is 1. The number of carbonyl (C=O) groups excluding carboxylic acids is 1. The number of hydrogen-bond acceptors (Lipinski definition) is 1. The van der Waals surface area contributed by atoms with Gasteiger partial charge in [-0.15, -0.1) is 0 Å². The smallest absolute Gasteiger partial charge is 0.224 e. The summed E-state index contributed by atoms with van der Waals surface area (Å²) in [7, 11) is 1.96. The molecule has 3 nitrogen and oxygen atoms in total. The van der Waals surface area contributed by atoms with E-state index in [4.69, 9.17) is 11.6 Å². The van der Waals surface area contributed by atoms with Gasteiger partial charge >= 0.3 is 0 Å². The standard InChI is InChI=1S/C19H23ClN2O/c1-13-7-9-19(2,10-8-13)11-17(23)21-15-12-22(3)16-6-4-5-14(20)18(15)16/h4-6,12H,1,7-11H2,2-3H3,(H,21,23). The molecule has 1 amide bonds. The molecule has 1 aliphatic rings. The van der Waals surface area contributed by atoms with Gasteiger partial charge in [0.25, 0.3) is 0 Å². The minimum Gasteiger partial charge on any atom is -0.348 e. The monoisotopic (exact) mass is 330 g/mol. The van der Waals surface area contributed by atoms with Gasteiger partial charge in [-0.25, -0.2) is 0 Å². The Balaban J connectivity index is 1.77. The Morgan fingerprint density at radius 3 is 2.78 bits per heavy atom. The largest absolute Gasteiger partial charge is 0.348 e. The predicted molar refractivity (Wildman–Crippen MR) is 96.9 cm³/mol. The molecule has 0 spiro atoms. The Kier molecular flexibility index (Phi) is 4.24. The number of hydrogen-bond donors (Lipinski definition) is 1. The van der Waals surface area contributed by atoms with Crippen molar-refractivity contribution in [1.82, 2.24) is 4.57 Å². The van der Waals surface area contributed by atoms with Gasteiger partial charge in [-0.3, -0.25) is 4.79 Å². The zero-order valence-corrected chi connectivity index (χ0v) is 14.5. The summed E-state index contributed by atoms with van der Waals surface area (Å²) < 4.78 is 1.99. The van der Waals surface area contributed by atoms with Crippen LogP contribution in [0.4, 0.5) is 5.69 Å². The Labute approximate surface area is 142 Å². The molecule has 0 radical (unpaired) electrons. The summed E-state index contributed by atoms with van der Waals surface area (Å²) in [6, 6.07) is 5.78. The van der Waals surface area contributed by atoms with Crippen molar-refractivity contribution in [2.45, 2.75) is 39.0 Å². The van der Waals surface area contributed by atoms with E-state index in [1.54, 1.807) is 0 Å². The van der Waals surface area contributed by atoms with Crippen LogP contribution >= 0.6 is 11.6 Å². The molecular weight excluding hydrogens is 308 g/mol. The van der Waals surface area contributed by atoms with E-state index >= 15 is 0 Å². The van der Waals surface area contributed by atoms with E-state index in [9.17, 15) is 4.79 Å². The van der Waals surface area contributed by atoms with E-state index in [-0.39, 0.29) is 11.3 Å². The lowest BCUT2D eigenvalue weighted by molar-refractivity contribution is -0.118. The first kappa shape index (κ1) is 16.1. The van der Waals surface area contributed by atoms with Crippen molar-refractivity contribution in [2.75, 3.05) is 5.32 Å². The molecule has 23 heavy (non-hydrogen) atoms. The van der Waals surface area contributed by atoms with Crippen LogP contribution in [0.3, 0.4) is 0 Å². The lowest BCUT2D eigenvalue weighted by Gasteiger charge is -2.33. The van der Waals surface area contributed by atoms with Crippen molar-refractivity contribution in [3.63, 3.8) is 0 Å². The summed E-state index contributed by atoms with van der Waals surface area (Å²) in [6.07, 6.45) is 6.61. The Morgan fingerprint density at radius 2 is 2.09 bits per heavy atom. The average Bonchev–Trinajstić information content (AvgIpc) is 2.80. The van der Waals surface area contributed by atoms with E-state index in [2.05, 4.69) is 18.8 Å². The maximum Gasteiger partial charge on any atom is 0.224 e. The van der Waals surface area contributed by atoms with Crippen LogP contribution in [0.1, 0.15) is 39.0 Å². The number of nitrogens with zero attached hydrogens (tertiary/aromatic N) is 1. The lowest BCUT2D eigenvalue weighted by Crippen LogP contribution is -2.27. The molecule has 0 bridgehead atoms. The third-order valence-corrected chi connectivity index (χ3v) is 5.30. The fourth-order valence-corrected chi connectivity index (χ4v) is 3.73. The molecule has 122 valence electrons. The van der Waals surface area contributed by atoms with Crippen LogP contribution in [0.25, 0.3) is 10.9 Å². The van der Waals surface area contributed by atoms with E-state index in [0.29, 0.717) is 11.4 Å². The zero-order chi connectivity index (χ0) is 16.6.